The number of aromatic nitrogens is 2. The lowest BCUT2D eigenvalue weighted by Gasteiger charge is -2.19. The van der Waals surface area contributed by atoms with Crippen LogP contribution in [0.4, 0.5) is 0 Å². The summed E-state index contributed by atoms with van der Waals surface area (Å²) in [6, 6.07) is 0. The van der Waals surface area contributed by atoms with Gasteiger partial charge in [-0.3, -0.25) is 0 Å². The predicted molar refractivity (Wildman–Crippen MR) is 53.9 cm³/mol. The monoisotopic (exact) mass is 195 g/mol. The Morgan fingerprint density at radius 2 is 2.57 bits per heavy atom. The van der Waals surface area contributed by atoms with Gasteiger partial charge in [-0.1, -0.05) is 0 Å². The van der Waals surface area contributed by atoms with Gasteiger partial charge in [-0.2, -0.15) is 0 Å². The van der Waals surface area contributed by atoms with Crippen LogP contribution in [-0.2, 0) is 16.9 Å². The number of rotatable bonds is 3. The molecule has 0 bridgehead atoms. The zero-order valence-electron chi connectivity index (χ0n) is 8.76. The number of hydrogen-bond donors (Lipinski definition) is 2. The number of aromatic amines is 1. The molecule has 0 saturated carbocycles. The molecule has 1 aromatic heterocycles. The van der Waals surface area contributed by atoms with Gasteiger partial charge in [0.15, 0.2) is 0 Å². The molecule has 1 fully saturated rings. The minimum atomic E-state index is -0.189. The molecule has 0 aromatic carbocycles. The van der Waals surface area contributed by atoms with E-state index in [-0.39, 0.29) is 5.60 Å². The molecule has 2 heterocycles. The van der Waals surface area contributed by atoms with Crippen LogP contribution in [0.2, 0.25) is 0 Å². The van der Waals surface area contributed by atoms with Crippen LogP contribution < -0.4 is 5.32 Å². The van der Waals surface area contributed by atoms with Gasteiger partial charge in [0.2, 0.25) is 0 Å². The zero-order valence-corrected chi connectivity index (χ0v) is 8.76. The molecule has 1 aromatic rings. The minimum absolute atomic E-state index is 0.189. The number of nitrogens with one attached hydrogen (secondary N) is 2. The summed E-state index contributed by atoms with van der Waals surface area (Å²) >= 11 is 0. The summed E-state index contributed by atoms with van der Waals surface area (Å²) in [5.74, 6) is 0.959. The van der Waals surface area contributed by atoms with E-state index in [1.54, 1.807) is 0 Å². The molecule has 0 amide bonds. The molecular formula is C10H17N3O. The maximum atomic E-state index is 5.70. The number of ether oxygens (including phenoxy) is 1. The molecule has 1 unspecified atom stereocenters. The fourth-order valence-electron chi connectivity index (χ4n) is 1.87. The van der Waals surface area contributed by atoms with Gasteiger partial charge >= 0.3 is 0 Å². The molecule has 1 atom stereocenters. The van der Waals surface area contributed by atoms with Crippen LogP contribution >= 0.6 is 0 Å². The molecule has 0 aliphatic carbocycles. The number of imidazole rings is 1. The highest BCUT2D eigenvalue weighted by molar-refractivity contribution is 5.08. The normalized spacial score (nSPS) is 27.0. The first-order chi connectivity index (χ1) is 6.74. The topological polar surface area (TPSA) is 49.9 Å². The first-order valence-electron chi connectivity index (χ1n) is 5.07. The molecule has 1 aliphatic rings. The third kappa shape index (κ3) is 1.67. The first-order valence-corrected chi connectivity index (χ1v) is 5.07. The molecule has 14 heavy (non-hydrogen) atoms. The van der Waals surface area contributed by atoms with Crippen LogP contribution in [0.3, 0.4) is 0 Å². The SMILES string of the molecule is CNCc1cnc(C2(C)CCCO2)[nH]1. The average molecular weight is 195 g/mol. The molecule has 0 radical (unpaired) electrons. The van der Waals surface area contributed by atoms with Crippen LogP contribution in [0.15, 0.2) is 6.20 Å². The standard InChI is InChI=1S/C10H17N3O/c1-10(4-3-5-14-10)9-12-7-8(13-9)6-11-2/h7,11H,3-6H2,1-2H3,(H,12,13). The van der Waals surface area contributed by atoms with Gasteiger partial charge in [0.25, 0.3) is 0 Å². The zero-order chi connectivity index (χ0) is 10.0. The summed E-state index contributed by atoms with van der Waals surface area (Å²) in [7, 11) is 1.92. The van der Waals surface area contributed by atoms with Gasteiger partial charge in [-0.05, 0) is 26.8 Å². The molecule has 1 aliphatic heterocycles. The third-order valence-electron chi connectivity index (χ3n) is 2.72. The second kappa shape index (κ2) is 3.71. The molecule has 4 nitrogen and oxygen atoms in total. The van der Waals surface area contributed by atoms with E-state index in [1.165, 1.54) is 0 Å². The van der Waals surface area contributed by atoms with Gasteiger partial charge in [0.05, 0.1) is 0 Å². The van der Waals surface area contributed by atoms with E-state index in [0.29, 0.717) is 0 Å². The predicted octanol–water partition coefficient (Wildman–Crippen LogP) is 1.15. The Morgan fingerprint density at radius 3 is 3.21 bits per heavy atom. The van der Waals surface area contributed by atoms with Crippen molar-refractivity contribution in [2.24, 2.45) is 0 Å². The second-order valence-corrected chi connectivity index (χ2v) is 3.97. The molecule has 0 spiro atoms. The highest BCUT2D eigenvalue weighted by Gasteiger charge is 2.34. The molecule has 4 heteroatoms. The van der Waals surface area contributed by atoms with Crippen LogP contribution in [0, 0.1) is 0 Å². The van der Waals surface area contributed by atoms with Crippen LogP contribution in [0.1, 0.15) is 31.3 Å². The highest BCUT2D eigenvalue weighted by atomic mass is 16.5. The summed E-state index contributed by atoms with van der Waals surface area (Å²) < 4.78 is 5.70. The Balaban J connectivity index is 2.15. The van der Waals surface area contributed by atoms with E-state index < -0.39 is 0 Å². The lowest BCUT2D eigenvalue weighted by atomic mass is 10.0. The Morgan fingerprint density at radius 1 is 1.71 bits per heavy atom. The Kier molecular flexibility index (Phi) is 2.56. The fraction of sp³-hybridized carbons (Fsp3) is 0.700. The van der Waals surface area contributed by atoms with E-state index in [0.717, 1.165) is 37.5 Å². The van der Waals surface area contributed by atoms with Crippen molar-refractivity contribution in [3.8, 4) is 0 Å². The largest absolute Gasteiger partial charge is 0.367 e. The Hall–Kier alpha value is -0.870. The number of hydrogen-bond acceptors (Lipinski definition) is 3. The molecule has 1 saturated heterocycles. The van der Waals surface area contributed by atoms with Gasteiger partial charge in [-0.25, -0.2) is 4.98 Å². The maximum absolute atomic E-state index is 5.70. The van der Waals surface area contributed by atoms with Crippen LogP contribution in [0.5, 0.6) is 0 Å². The highest BCUT2D eigenvalue weighted by Crippen LogP contribution is 2.33. The van der Waals surface area contributed by atoms with Crippen molar-refractivity contribution in [3.05, 3.63) is 17.7 Å². The second-order valence-electron chi connectivity index (χ2n) is 3.97. The van der Waals surface area contributed by atoms with Crippen molar-refractivity contribution in [1.29, 1.82) is 0 Å². The fourth-order valence-corrected chi connectivity index (χ4v) is 1.87. The number of H-pyrrole nitrogens is 1. The summed E-state index contributed by atoms with van der Waals surface area (Å²) in [6.45, 7) is 3.77. The maximum Gasteiger partial charge on any atom is 0.138 e. The smallest absolute Gasteiger partial charge is 0.138 e. The minimum Gasteiger partial charge on any atom is -0.367 e. The van der Waals surface area contributed by atoms with Gasteiger partial charge in [0.1, 0.15) is 11.4 Å². The molecular weight excluding hydrogens is 178 g/mol. The third-order valence-corrected chi connectivity index (χ3v) is 2.72. The van der Waals surface area contributed by atoms with E-state index in [2.05, 4.69) is 22.2 Å². The van der Waals surface area contributed by atoms with Crippen molar-refractivity contribution in [2.75, 3.05) is 13.7 Å². The van der Waals surface area contributed by atoms with E-state index >= 15 is 0 Å². The lowest BCUT2D eigenvalue weighted by Crippen LogP contribution is -2.21. The lowest BCUT2D eigenvalue weighted by molar-refractivity contribution is 0.00994. The molecule has 2 rings (SSSR count). The van der Waals surface area contributed by atoms with Crippen molar-refractivity contribution in [2.45, 2.75) is 31.9 Å². The average Bonchev–Trinajstić information content (AvgIpc) is 2.75. The molecule has 78 valence electrons. The summed E-state index contributed by atoms with van der Waals surface area (Å²) in [5.41, 5.74) is 0.922. The van der Waals surface area contributed by atoms with Gasteiger partial charge in [0, 0.05) is 25.0 Å². The van der Waals surface area contributed by atoms with Gasteiger partial charge in [-0.15, -0.1) is 0 Å². The van der Waals surface area contributed by atoms with E-state index in [4.69, 9.17) is 4.74 Å². The summed E-state index contributed by atoms with van der Waals surface area (Å²) in [4.78, 5) is 7.67. The van der Waals surface area contributed by atoms with Crippen molar-refractivity contribution < 1.29 is 4.74 Å². The summed E-state index contributed by atoms with van der Waals surface area (Å²) in [5, 5.41) is 3.09. The first kappa shape index (κ1) is 9.68. The van der Waals surface area contributed by atoms with E-state index in [1.807, 2.05) is 13.2 Å². The number of nitrogens with zero attached hydrogens (tertiary/aromatic N) is 1. The molecule has 2 N–H and O–H groups in total. The van der Waals surface area contributed by atoms with E-state index in [9.17, 15) is 0 Å². The van der Waals surface area contributed by atoms with Crippen LogP contribution in [-0.4, -0.2) is 23.6 Å². The summed E-state index contributed by atoms with van der Waals surface area (Å²) in [6.07, 6.45) is 4.05. The quantitative estimate of drug-likeness (QED) is 0.760. The Bertz CT molecular complexity index is 302. The van der Waals surface area contributed by atoms with Crippen molar-refractivity contribution in [3.63, 3.8) is 0 Å². The Labute approximate surface area is 84.1 Å². The van der Waals surface area contributed by atoms with Crippen molar-refractivity contribution in [1.82, 2.24) is 15.3 Å². The van der Waals surface area contributed by atoms with Crippen LogP contribution in [0.25, 0.3) is 0 Å². The van der Waals surface area contributed by atoms with Gasteiger partial charge < -0.3 is 15.0 Å². The van der Waals surface area contributed by atoms with Crippen molar-refractivity contribution >= 4 is 0 Å².